The Morgan fingerprint density at radius 1 is 1.05 bits per heavy atom. The first-order valence-electron chi connectivity index (χ1n) is 20.0. The van der Waals surface area contributed by atoms with Crippen LogP contribution in [0.1, 0.15) is 94.4 Å². The number of esters is 1. The third-order valence-corrected chi connectivity index (χ3v) is 14.7. The van der Waals surface area contributed by atoms with E-state index in [1.165, 1.54) is 0 Å². The maximum atomic E-state index is 13.3. The summed E-state index contributed by atoms with van der Waals surface area (Å²) in [5, 5.41) is 42.7. The zero-order valence-corrected chi connectivity index (χ0v) is 33.2. The van der Waals surface area contributed by atoms with Crippen molar-refractivity contribution in [1.82, 2.24) is 14.5 Å². The highest BCUT2D eigenvalue weighted by Crippen LogP contribution is 2.66. The molecule has 3 fully saturated rings. The van der Waals surface area contributed by atoms with Crippen molar-refractivity contribution in [3.05, 3.63) is 68.5 Å². The van der Waals surface area contributed by atoms with Crippen molar-refractivity contribution < 1.29 is 44.3 Å². The second-order valence-electron chi connectivity index (χ2n) is 17.8. The number of carbonyl (C=O) groups is 4. The van der Waals surface area contributed by atoms with Gasteiger partial charge in [0.15, 0.2) is 17.2 Å². The average molecular weight is 782 g/mol. The van der Waals surface area contributed by atoms with Crippen molar-refractivity contribution in [3.63, 3.8) is 0 Å². The molecule has 9 rings (SSSR count). The lowest BCUT2D eigenvalue weighted by atomic mass is 9.46. The minimum absolute atomic E-state index is 0.0988. The Balaban J connectivity index is 0.000000162. The summed E-state index contributed by atoms with van der Waals surface area (Å²) in [6.45, 7) is 5.71. The van der Waals surface area contributed by atoms with Gasteiger partial charge in [0.2, 0.25) is 0 Å². The van der Waals surface area contributed by atoms with Gasteiger partial charge in [-0.25, -0.2) is 9.78 Å². The van der Waals surface area contributed by atoms with Crippen LogP contribution < -0.4 is 5.56 Å². The Bertz CT molecular complexity index is 2370. The van der Waals surface area contributed by atoms with Gasteiger partial charge in [0, 0.05) is 52.8 Å². The first-order valence-corrected chi connectivity index (χ1v) is 20.0. The number of benzene rings is 1. The van der Waals surface area contributed by atoms with E-state index >= 15 is 0 Å². The van der Waals surface area contributed by atoms with E-state index in [1.807, 2.05) is 32.0 Å². The fourth-order valence-corrected chi connectivity index (χ4v) is 11.6. The lowest BCUT2D eigenvalue weighted by Crippen LogP contribution is -2.60. The number of hydrogen-bond donors (Lipinski definition) is 4. The smallest absolute Gasteiger partial charge is 0.343 e. The van der Waals surface area contributed by atoms with Crippen LogP contribution in [0.4, 0.5) is 0 Å². The van der Waals surface area contributed by atoms with E-state index in [2.05, 4.69) is 6.92 Å². The molecule has 0 amide bonds. The minimum Gasteiger partial charge on any atom is -0.508 e. The number of hydrogen-bond acceptors (Lipinski definition) is 12. The number of ether oxygens (including phenoxy) is 1. The summed E-state index contributed by atoms with van der Waals surface area (Å²) >= 11 is 0. The molecule has 13 nitrogen and oxygen atoms in total. The van der Waals surface area contributed by atoms with Gasteiger partial charge in [0.1, 0.15) is 30.3 Å². The van der Waals surface area contributed by atoms with Crippen LogP contribution in [0.3, 0.4) is 0 Å². The number of aromatic nitrogens is 2. The summed E-state index contributed by atoms with van der Waals surface area (Å²) in [5.74, 6) is -0.705. The minimum atomic E-state index is -1.84. The number of Topliss-reactive ketones (excluding diaryl/α,β-unsaturated/α-hetero) is 2. The fourth-order valence-electron chi connectivity index (χ4n) is 11.6. The maximum Gasteiger partial charge on any atom is 0.343 e. The molecule has 4 heterocycles. The average Bonchev–Trinajstić information content (AvgIpc) is 3.67. The van der Waals surface area contributed by atoms with Crippen LogP contribution in [0.5, 0.6) is 5.75 Å². The molecule has 4 aliphatic carbocycles. The van der Waals surface area contributed by atoms with Gasteiger partial charge in [-0.1, -0.05) is 26.3 Å². The Hall–Kier alpha value is -4.56. The molecule has 2 aromatic heterocycles. The van der Waals surface area contributed by atoms with Crippen molar-refractivity contribution in [2.75, 3.05) is 20.7 Å². The first-order chi connectivity index (χ1) is 26.9. The number of nitrogens with zero attached hydrogens (tertiary/aromatic N) is 3. The van der Waals surface area contributed by atoms with Crippen molar-refractivity contribution in [3.8, 4) is 17.1 Å². The van der Waals surface area contributed by atoms with E-state index < -0.39 is 35.0 Å². The highest BCUT2D eigenvalue weighted by atomic mass is 16.6. The number of rotatable bonds is 5. The Labute approximate surface area is 330 Å². The standard InChI is InChI=1S/C23H23N3O5.C21H28O5/c1-4-23(30)16-8-18-20-12(9-26(18)21(28)15(16)11-31-22(23)29)7-13-14(10-25(2)3)19(27)6-5-17(13)24-20;1-19-7-5-13(23)9-12(19)3-4-14-15-6-8-21(26,17(25)11-22)20(15,2)10-16(24)18(14)19/h5-8,27,30H,4,9-11H2,1-3H3;9,14-15,18,22,26H,3-8,10-11H2,1-2H3/t23-;14-,15-,18+,19-,20-,21-/m00/s1. The van der Waals surface area contributed by atoms with Crippen LogP contribution in [-0.4, -0.2) is 84.5 Å². The molecule has 0 saturated heterocycles. The van der Waals surface area contributed by atoms with Crippen LogP contribution >= 0.6 is 0 Å². The molecule has 0 bridgehead atoms. The molecule has 2 aliphatic heterocycles. The lowest BCUT2D eigenvalue weighted by Gasteiger charge is -2.57. The Morgan fingerprint density at radius 2 is 1.81 bits per heavy atom. The van der Waals surface area contributed by atoms with E-state index in [0.29, 0.717) is 66.8 Å². The largest absolute Gasteiger partial charge is 0.508 e. The number of phenolic OH excluding ortho intramolecular Hbond substituents is 1. The fraction of sp³-hybridized carbons (Fsp3) is 0.545. The molecule has 13 heteroatoms. The molecule has 1 aromatic carbocycles. The normalized spacial score (nSPS) is 32.3. The Kier molecular flexibility index (Phi) is 9.31. The number of carbonyl (C=O) groups excluding carboxylic acids is 4. The zero-order valence-electron chi connectivity index (χ0n) is 33.2. The number of fused-ring (bicyclic) bond motifs is 10. The van der Waals surface area contributed by atoms with Crippen molar-refractivity contribution >= 4 is 34.2 Å². The number of phenols is 1. The van der Waals surface area contributed by atoms with E-state index in [0.717, 1.165) is 34.9 Å². The molecule has 57 heavy (non-hydrogen) atoms. The summed E-state index contributed by atoms with van der Waals surface area (Å²) in [6.07, 6.45) is 5.93. The molecule has 302 valence electrons. The molecule has 0 spiro atoms. The summed E-state index contributed by atoms with van der Waals surface area (Å²) in [5.41, 5.74) is 0.477. The van der Waals surface area contributed by atoms with Crippen LogP contribution in [0.2, 0.25) is 0 Å². The topological polar surface area (TPSA) is 197 Å². The van der Waals surface area contributed by atoms with E-state index in [-0.39, 0.29) is 65.5 Å². The second kappa shape index (κ2) is 13.5. The maximum absolute atomic E-state index is 13.3. The number of allylic oxidation sites excluding steroid dienone is 1. The molecule has 3 aromatic rings. The van der Waals surface area contributed by atoms with Gasteiger partial charge in [-0.15, -0.1) is 0 Å². The number of aromatic hydroxyl groups is 1. The highest BCUT2D eigenvalue weighted by Gasteiger charge is 2.68. The van der Waals surface area contributed by atoms with Gasteiger partial charge in [0.05, 0.1) is 29.0 Å². The van der Waals surface area contributed by atoms with E-state index in [1.54, 1.807) is 35.8 Å². The van der Waals surface area contributed by atoms with E-state index in [4.69, 9.17) is 9.72 Å². The highest BCUT2D eigenvalue weighted by molar-refractivity contribution is 5.95. The van der Waals surface area contributed by atoms with Crippen molar-refractivity contribution in [2.45, 2.75) is 103 Å². The zero-order chi connectivity index (χ0) is 41.0. The third-order valence-electron chi connectivity index (χ3n) is 14.7. The van der Waals surface area contributed by atoms with Gasteiger partial charge < -0.3 is 34.6 Å². The number of cyclic esters (lactones) is 1. The summed E-state index contributed by atoms with van der Waals surface area (Å²) in [6, 6.07) is 7.05. The number of ketones is 3. The molecule has 4 N–H and O–H groups in total. The molecular formula is C44H51N3O10. The van der Waals surface area contributed by atoms with Gasteiger partial charge in [-0.05, 0) is 100 Å². The monoisotopic (exact) mass is 781 g/mol. The van der Waals surface area contributed by atoms with Gasteiger partial charge >= 0.3 is 5.97 Å². The predicted octanol–water partition coefficient (Wildman–Crippen LogP) is 3.84. The number of aliphatic hydroxyl groups is 3. The number of aliphatic hydroxyl groups excluding tert-OH is 1. The molecule has 0 unspecified atom stereocenters. The van der Waals surface area contributed by atoms with Crippen LogP contribution in [-0.2, 0) is 49.2 Å². The SMILES string of the molecule is CC[C@@]1(O)C(=O)OCc2c1cc1n(c2=O)Cc2cc3c(CN(C)C)c(O)ccc3nc2-1.C[C@]12CCC(=O)C=C1CC[C@@H]1[C@@H]2C(=O)C[C@@]2(C)[C@H]1CC[C@]2(O)C(=O)CO. The third kappa shape index (κ3) is 5.63. The van der Waals surface area contributed by atoms with Gasteiger partial charge in [-0.3, -0.25) is 19.2 Å². The predicted molar refractivity (Wildman–Crippen MR) is 208 cm³/mol. The Morgan fingerprint density at radius 3 is 2.51 bits per heavy atom. The summed E-state index contributed by atoms with van der Waals surface area (Å²) in [4.78, 5) is 69.8. The first kappa shape index (κ1) is 39.3. The van der Waals surface area contributed by atoms with Crippen molar-refractivity contribution in [2.24, 2.45) is 28.6 Å². The second-order valence-corrected chi connectivity index (χ2v) is 17.8. The molecule has 0 radical (unpaired) electrons. The van der Waals surface area contributed by atoms with Crippen molar-refractivity contribution in [1.29, 1.82) is 0 Å². The summed E-state index contributed by atoms with van der Waals surface area (Å²) in [7, 11) is 3.86. The van der Waals surface area contributed by atoms with Crippen LogP contribution in [0, 0.1) is 28.6 Å². The van der Waals surface area contributed by atoms with Gasteiger partial charge in [0.25, 0.3) is 5.56 Å². The van der Waals surface area contributed by atoms with Gasteiger partial charge in [-0.2, -0.15) is 0 Å². The molecule has 6 aliphatic rings. The summed E-state index contributed by atoms with van der Waals surface area (Å²) < 4.78 is 6.71. The van der Waals surface area contributed by atoms with Crippen LogP contribution in [0.25, 0.3) is 22.3 Å². The van der Waals surface area contributed by atoms with Crippen LogP contribution in [0.15, 0.2) is 40.7 Å². The molecular weight excluding hydrogens is 730 g/mol. The molecule has 7 atom stereocenters. The quantitative estimate of drug-likeness (QED) is 0.214. The molecule has 3 saturated carbocycles. The lowest BCUT2D eigenvalue weighted by molar-refractivity contribution is -0.172. The number of pyridine rings is 2. The van der Waals surface area contributed by atoms with E-state index in [9.17, 15) is 44.4 Å².